The van der Waals surface area contributed by atoms with Crippen LogP contribution in [0.15, 0.2) is 29.2 Å². The summed E-state index contributed by atoms with van der Waals surface area (Å²) in [5, 5.41) is 13.8. The van der Waals surface area contributed by atoms with E-state index in [0.717, 1.165) is 6.07 Å². The summed E-state index contributed by atoms with van der Waals surface area (Å²) in [6.45, 7) is 0.236. The van der Waals surface area contributed by atoms with Gasteiger partial charge in [0.25, 0.3) is 5.69 Å². The molecule has 1 aliphatic heterocycles. The molecule has 22 heavy (non-hydrogen) atoms. The van der Waals surface area contributed by atoms with E-state index in [4.69, 9.17) is 0 Å². The Kier molecular flexibility index (Phi) is 4.74. The largest absolute Gasteiger partial charge is 0.468 e. The fraction of sp³-hybridized carbons (Fsp3) is 0.417. The van der Waals surface area contributed by atoms with Crippen LogP contribution in [0.1, 0.15) is 6.42 Å². The minimum atomic E-state index is -4.06. The Bertz CT molecular complexity index is 690. The van der Waals surface area contributed by atoms with Crippen molar-refractivity contribution in [3.05, 3.63) is 34.4 Å². The Balaban J connectivity index is 2.16. The van der Waals surface area contributed by atoms with E-state index in [2.05, 4.69) is 14.8 Å². The average Bonchev–Trinajstić information content (AvgIpc) is 2.94. The first-order valence-corrected chi connectivity index (χ1v) is 7.90. The highest BCUT2D eigenvalue weighted by Crippen LogP contribution is 2.23. The monoisotopic (exact) mass is 329 g/mol. The van der Waals surface area contributed by atoms with Crippen LogP contribution in [0.3, 0.4) is 0 Å². The van der Waals surface area contributed by atoms with Gasteiger partial charge in [0.05, 0.1) is 12.0 Å². The molecule has 9 nitrogen and oxygen atoms in total. The molecule has 120 valence electrons. The first-order chi connectivity index (χ1) is 10.3. The summed E-state index contributed by atoms with van der Waals surface area (Å²) in [5.74, 6) is -0.479. The molecule has 2 atom stereocenters. The minimum absolute atomic E-state index is 0.215. The number of sulfonamides is 1. The molecule has 0 saturated carbocycles. The third-order valence-electron chi connectivity index (χ3n) is 3.29. The molecular weight excluding hydrogens is 314 g/mol. The number of nitro groups is 1. The number of nitrogens with one attached hydrogen (secondary N) is 2. The SMILES string of the molecule is COC(=O)[C@H]1C[C@H](NS(=O)(=O)c2ccccc2[N+](=O)[O-])CN1. The van der Waals surface area contributed by atoms with Crippen LogP contribution in [0.2, 0.25) is 0 Å². The Morgan fingerprint density at radius 2 is 2.14 bits per heavy atom. The van der Waals surface area contributed by atoms with Crippen LogP contribution in [0.4, 0.5) is 5.69 Å². The van der Waals surface area contributed by atoms with Gasteiger partial charge in [-0.15, -0.1) is 0 Å². The van der Waals surface area contributed by atoms with Crippen LogP contribution >= 0.6 is 0 Å². The van der Waals surface area contributed by atoms with E-state index >= 15 is 0 Å². The van der Waals surface area contributed by atoms with Crippen molar-refractivity contribution in [3.63, 3.8) is 0 Å². The van der Waals surface area contributed by atoms with Crippen LogP contribution < -0.4 is 10.0 Å². The number of benzene rings is 1. The number of esters is 1. The van der Waals surface area contributed by atoms with Gasteiger partial charge in [0.15, 0.2) is 4.90 Å². The number of carbonyl (C=O) groups excluding carboxylic acids is 1. The number of methoxy groups -OCH3 is 1. The predicted molar refractivity (Wildman–Crippen MR) is 75.6 cm³/mol. The number of nitrogens with zero attached hydrogens (tertiary/aromatic N) is 1. The van der Waals surface area contributed by atoms with Crippen molar-refractivity contribution in [1.29, 1.82) is 0 Å². The molecule has 0 radical (unpaired) electrons. The van der Waals surface area contributed by atoms with Crippen molar-refractivity contribution >= 4 is 21.7 Å². The molecule has 0 aromatic heterocycles. The molecule has 1 saturated heterocycles. The molecule has 2 N–H and O–H groups in total. The number of para-hydroxylation sites is 1. The number of nitro benzene ring substituents is 1. The summed E-state index contributed by atoms with van der Waals surface area (Å²) < 4.78 is 31.6. The Morgan fingerprint density at radius 3 is 2.77 bits per heavy atom. The molecule has 10 heteroatoms. The lowest BCUT2D eigenvalue weighted by atomic mass is 10.2. The topological polar surface area (TPSA) is 128 Å². The second-order valence-corrected chi connectivity index (χ2v) is 6.45. The van der Waals surface area contributed by atoms with Gasteiger partial charge < -0.3 is 10.1 Å². The second-order valence-electron chi connectivity index (χ2n) is 4.76. The van der Waals surface area contributed by atoms with Gasteiger partial charge in [0.1, 0.15) is 6.04 Å². The van der Waals surface area contributed by atoms with E-state index < -0.39 is 43.6 Å². The maximum absolute atomic E-state index is 12.3. The Morgan fingerprint density at radius 1 is 1.45 bits per heavy atom. The van der Waals surface area contributed by atoms with Crippen LogP contribution in [0.25, 0.3) is 0 Å². The molecule has 1 aromatic carbocycles. The van der Waals surface area contributed by atoms with Crippen LogP contribution in [0, 0.1) is 10.1 Å². The van der Waals surface area contributed by atoms with Crippen molar-refractivity contribution in [2.24, 2.45) is 0 Å². The van der Waals surface area contributed by atoms with Crippen molar-refractivity contribution in [1.82, 2.24) is 10.0 Å². The number of hydrogen-bond donors (Lipinski definition) is 2. The fourth-order valence-corrected chi connectivity index (χ4v) is 3.69. The molecule has 0 bridgehead atoms. The summed E-state index contributed by atoms with van der Waals surface area (Å²) in [5.41, 5.74) is -0.495. The zero-order chi connectivity index (χ0) is 16.3. The third kappa shape index (κ3) is 3.40. The van der Waals surface area contributed by atoms with Crippen LogP contribution in [-0.2, 0) is 19.6 Å². The quantitative estimate of drug-likeness (QED) is 0.434. The molecule has 0 amide bonds. The molecule has 0 aliphatic carbocycles. The number of rotatable bonds is 5. The van der Waals surface area contributed by atoms with E-state index in [1.807, 2.05) is 0 Å². The highest BCUT2D eigenvalue weighted by Gasteiger charge is 2.34. The van der Waals surface area contributed by atoms with Gasteiger partial charge in [-0.2, -0.15) is 0 Å². The molecule has 0 spiro atoms. The normalized spacial score (nSPS) is 21.5. The second kappa shape index (κ2) is 6.38. The van der Waals surface area contributed by atoms with Gasteiger partial charge >= 0.3 is 5.97 Å². The lowest BCUT2D eigenvalue weighted by Crippen LogP contribution is -2.36. The molecule has 1 fully saturated rings. The van der Waals surface area contributed by atoms with Crippen molar-refractivity contribution < 1.29 is 22.9 Å². The molecule has 1 aromatic rings. The van der Waals surface area contributed by atoms with E-state index in [9.17, 15) is 23.3 Å². The average molecular weight is 329 g/mol. The Hall–Kier alpha value is -2.04. The van der Waals surface area contributed by atoms with Crippen molar-refractivity contribution in [2.75, 3.05) is 13.7 Å². The summed E-state index contributed by atoms with van der Waals surface area (Å²) >= 11 is 0. The van der Waals surface area contributed by atoms with E-state index in [1.165, 1.54) is 25.3 Å². The smallest absolute Gasteiger partial charge is 0.322 e. The number of ether oxygens (including phenoxy) is 1. The highest BCUT2D eigenvalue weighted by molar-refractivity contribution is 7.89. The first-order valence-electron chi connectivity index (χ1n) is 6.42. The minimum Gasteiger partial charge on any atom is -0.468 e. The van der Waals surface area contributed by atoms with E-state index in [0.29, 0.717) is 0 Å². The predicted octanol–water partition coefficient (Wildman–Crippen LogP) is -0.223. The number of carbonyl (C=O) groups is 1. The summed E-state index contributed by atoms with van der Waals surface area (Å²) in [6, 6.07) is 3.95. The summed E-state index contributed by atoms with van der Waals surface area (Å²) in [6.07, 6.45) is 0.215. The van der Waals surface area contributed by atoms with Crippen LogP contribution in [0.5, 0.6) is 0 Å². The number of hydrogen-bond acceptors (Lipinski definition) is 7. The fourth-order valence-electron chi connectivity index (χ4n) is 2.27. The maximum atomic E-state index is 12.3. The van der Waals surface area contributed by atoms with Gasteiger partial charge in [-0.05, 0) is 12.5 Å². The summed E-state index contributed by atoms with van der Waals surface area (Å²) in [4.78, 5) is 21.2. The maximum Gasteiger partial charge on any atom is 0.322 e. The molecule has 1 aliphatic rings. The van der Waals surface area contributed by atoms with Crippen molar-refractivity contribution in [2.45, 2.75) is 23.4 Å². The van der Waals surface area contributed by atoms with Gasteiger partial charge in [-0.3, -0.25) is 14.9 Å². The molecule has 1 heterocycles. The third-order valence-corrected chi connectivity index (χ3v) is 4.86. The van der Waals surface area contributed by atoms with Gasteiger partial charge in [-0.1, -0.05) is 12.1 Å². The van der Waals surface area contributed by atoms with Gasteiger partial charge in [0, 0.05) is 18.7 Å². The highest BCUT2D eigenvalue weighted by atomic mass is 32.2. The van der Waals surface area contributed by atoms with E-state index in [-0.39, 0.29) is 13.0 Å². The lowest BCUT2D eigenvalue weighted by Gasteiger charge is -2.12. The standard InChI is InChI=1S/C12H15N3O6S/c1-21-12(16)9-6-8(7-13-9)14-22(19,20)11-5-3-2-4-10(11)15(17)18/h2-5,8-9,13-14H,6-7H2,1H3/t8-,9+/m0/s1. The molecule has 0 unspecified atom stereocenters. The van der Waals surface area contributed by atoms with E-state index in [1.54, 1.807) is 0 Å². The van der Waals surface area contributed by atoms with Gasteiger partial charge in [0.2, 0.25) is 10.0 Å². The lowest BCUT2D eigenvalue weighted by molar-refractivity contribution is -0.387. The molecule has 2 rings (SSSR count). The first kappa shape index (κ1) is 16.3. The van der Waals surface area contributed by atoms with Crippen molar-refractivity contribution in [3.8, 4) is 0 Å². The zero-order valence-electron chi connectivity index (χ0n) is 11.7. The van der Waals surface area contributed by atoms with Crippen LogP contribution in [-0.4, -0.2) is 45.0 Å². The molecular formula is C12H15N3O6S. The summed E-state index contributed by atoms with van der Waals surface area (Å²) in [7, 11) is -2.81. The Labute approximate surface area is 126 Å². The van der Waals surface area contributed by atoms with Gasteiger partial charge in [-0.25, -0.2) is 13.1 Å². The zero-order valence-corrected chi connectivity index (χ0v) is 12.5.